The summed E-state index contributed by atoms with van der Waals surface area (Å²) in [5.74, 6) is -0.361. The second kappa shape index (κ2) is 3.59. The van der Waals surface area contributed by atoms with Gasteiger partial charge in [-0.2, -0.15) is 0 Å². The number of para-hydroxylation sites is 1. The van der Waals surface area contributed by atoms with Gasteiger partial charge in [-0.1, -0.05) is 17.3 Å². The highest BCUT2D eigenvalue weighted by Gasteiger charge is 2.17. The highest BCUT2D eigenvalue weighted by Crippen LogP contribution is 2.11. The van der Waals surface area contributed by atoms with E-state index in [2.05, 4.69) is 10.3 Å². The molecule has 1 N–H and O–H groups in total. The molecule has 1 aromatic heterocycles. The molecular weight excluding hydrogens is 218 g/mol. The highest BCUT2D eigenvalue weighted by molar-refractivity contribution is 7.90. The Hall–Kier alpha value is -1.47. The van der Waals surface area contributed by atoms with Crippen LogP contribution in [0.5, 0.6) is 0 Å². The lowest BCUT2D eigenvalue weighted by Crippen LogP contribution is -2.20. The van der Waals surface area contributed by atoms with E-state index in [4.69, 9.17) is 5.11 Å². The van der Waals surface area contributed by atoms with Crippen molar-refractivity contribution >= 4 is 21.1 Å². The molecule has 0 atom stereocenters. The topological polar surface area (TPSA) is 85.1 Å². The highest BCUT2D eigenvalue weighted by atomic mass is 32.2. The molecule has 0 aliphatic carbocycles. The van der Waals surface area contributed by atoms with Gasteiger partial charge in [0, 0.05) is 0 Å². The summed E-state index contributed by atoms with van der Waals surface area (Å²) >= 11 is 0. The van der Waals surface area contributed by atoms with E-state index in [9.17, 15) is 8.42 Å². The molecule has 2 aromatic rings. The Labute approximate surface area is 86.2 Å². The average molecular weight is 227 g/mol. The summed E-state index contributed by atoms with van der Waals surface area (Å²) < 4.78 is 24.1. The summed E-state index contributed by atoms with van der Waals surface area (Å²) in [6, 6.07) is 6.74. The Morgan fingerprint density at radius 1 is 1.33 bits per heavy atom. The second-order valence-electron chi connectivity index (χ2n) is 2.96. The fourth-order valence-electron chi connectivity index (χ4n) is 1.25. The van der Waals surface area contributed by atoms with Crippen LogP contribution < -0.4 is 0 Å². The number of aliphatic hydroxyl groups excluding tert-OH is 1. The zero-order valence-corrected chi connectivity index (χ0v) is 8.55. The number of hydrogen-bond acceptors (Lipinski definition) is 5. The van der Waals surface area contributed by atoms with Crippen LogP contribution in [0.2, 0.25) is 0 Å². The molecule has 6 nitrogen and oxygen atoms in total. The standard InChI is InChI=1S/C8H9N3O3S/c12-5-6-15(13,14)11-8-4-2-1-3-7(8)9-10-11/h1-4,12H,5-6H2. The Kier molecular flexibility index (Phi) is 2.41. The first-order valence-electron chi connectivity index (χ1n) is 4.30. The minimum Gasteiger partial charge on any atom is -0.395 e. The van der Waals surface area contributed by atoms with Crippen molar-refractivity contribution in [2.75, 3.05) is 12.4 Å². The van der Waals surface area contributed by atoms with E-state index in [0.29, 0.717) is 11.0 Å². The van der Waals surface area contributed by atoms with E-state index < -0.39 is 16.6 Å². The van der Waals surface area contributed by atoms with Crippen molar-refractivity contribution in [1.29, 1.82) is 0 Å². The maximum atomic E-state index is 11.6. The first kappa shape index (κ1) is 10.1. The predicted octanol–water partition coefficient (Wildman–Crippen LogP) is -0.399. The van der Waals surface area contributed by atoms with Gasteiger partial charge in [-0.3, -0.25) is 0 Å². The van der Waals surface area contributed by atoms with Crippen LogP contribution in [0, 0.1) is 0 Å². The van der Waals surface area contributed by atoms with E-state index in [0.717, 1.165) is 4.09 Å². The fourth-order valence-corrected chi connectivity index (χ4v) is 2.26. The van der Waals surface area contributed by atoms with Crippen molar-refractivity contribution in [1.82, 2.24) is 14.4 Å². The van der Waals surface area contributed by atoms with Gasteiger partial charge in [0.15, 0.2) is 0 Å². The van der Waals surface area contributed by atoms with Crippen molar-refractivity contribution in [3.05, 3.63) is 24.3 Å². The third-order valence-electron chi connectivity index (χ3n) is 1.93. The molecule has 15 heavy (non-hydrogen) atoms. The molecular formula is C8H9N3O3S. The molecule has 0 saturated carbocycles. The van der Waals surface area contributed by atoms with Crippen LogP contribution in [-0.2, 0) is 10.0 Å². The molecule has 0 radical (unpaired) electrons. The predicted molar refractivity (Wildman–Crippen MR) is 53.8 cm³/mol. The maximum absolute atomic E-state index is 11.6. The monoisotopic (exact) mass is 227 g/mol. The third-order valence-corrected chi connectivity index (χ3v) is 3.43. The molecule has 0 bridgehead atoms. The van der Waals surface area contributed by atoms with Crippen molar-refractivity contribution in [3.8, 4) is 0 Å². The van der Waals surface area contributed by atoms with Gasteiger partial charge in [0.1, 0.15) is 11.0 Å². The third kappa shape index (κ3) is 1.71. The second-order valence-corrected chi connectivity index (χ2v) is 4.88. The Morgan fingerprint density at radius 3 is 2.80 bits per heavy atom. The lowest BCUT2D eigenvalue weighted by atomic mass is 10.3. The van der Waals surface area contributed by atoms with Gasteiger partial charge in [0.2, 0.25) is 0 Å². The summed E-state index contributed by atoms with van der Waals surface area (Å²) in [5.41, 5.74) is 0.935. The van der Waals surface area contributed by atoms with Gasteiger partial charge >= 0.3 is 0 Å². The molecule has 0 amide bonds. The van der Waals surface area contributed by atoms with Crippen molar-refractivity contribution in [2.24, 2.45) is 0 Å². The molecule has 0 fully saturated rings. The molecule has 1 aromatic carbocycles. The lowest BCUT2D eigenvalue weighted by Gasteiger charge is -2.01. The molecule has 0 aliphatic rings. The largest absolute Gasteiger partial charge is 0.395 e. The van der Waals surface area contributed by atoms with E-state index in [1.807, 2.05) is 0 Å². The summed E-state index contributed by atoms with van der Waals surface area (Å²) in [5, 5.41) is 15.9. The van der Waals surface area contributed by atoms with Gasteiger partial charge in [0.05, 0.1) is 12.4 Å². The zero-order valence-electron chi connectivity index (χ0n) is 7.74. The van der Waals surface area contributed by atoms with E-state index in [-0.39, 0.29) is 5.75 Å². The lowest BCUT2D eigenvalue weighted by molar-refractivity contribution is 0.319. The summed E-state index contributed by atoms with van der Waals surface area (Å²) in [4.78, 5) is 0. The van der Waals surface area contributed by atoms with Crippen LogP contribution in [0.4, 0.5) is 0 Å². The molecule has 0 aliphatic heterocycles. The summed E-state index contributed by atoms with van der Waals surface area (Å²) in [6.45, 7) is -0.434. The van der Waals surface area contributed by atoms with E-state index >= 15 is 0 Å². The maximum Gasteiger partial charge on any atom is 0.258 e. The minimum atomic E-state index is -3.60. The molecule has 2 rings (SSSR count). The molecule has 80 valence electrons. The minimum absolute atomic E-state index is 0.361. The smallest absolute Gasteiger partial charge is 0.258 e. The van der Waals surface area contributed by atoms with Crippen LogP contribution in [0.15, 0.2) is 24.3 Å². The summed E-state index contributed by atoms with van der Waals surface area (Å²) in [7, 11) is -3.60. The first-order valence-corrected chi connectivity index (χ1v) is 5.90. The number of aliphatic hydroxyl groups is 1. The Balaban J connectivity index is 2.63. The van der Waals surface area contributed by atoms with Crippen LogP contribution in [0.3, 0.4) is 0 Å². The Bertz CT molecular complexity index is 576. The van der Waals surface area contributed by atoms with E-state index in [1.165, 1.54) is 0 Å². The molecule has 7 heteroatoms. The van der Waals surface area contributed by atoms with Crippen molar-refractivity contribution in [2.45, 2.75) is 0 Å². The number of fused-ring (bicyclic) bond motifs is 1. The molecule has 0 unspecified atom stereocenters. The van der Waals surface area contributed by atoms with E-state index in [1.54, 1.807) is 24.3 Å². The van der Waals surface area contributed by atoms with Gasteiger partial charge in [0.25, 0.3) is 10.0 Å². The van der Waals surface area contributed by atoms with Gasteiger partial charge < -0.3 is 5.11 Å². The SMILES string of the molecule is O=S(=O)(CCO)n1nnc2ccccc21. The number of hydrogen-bond donors (Lipinski definition) is 1. The zero-order chi connectivity index (χ0) is 10.9. The van der Waals surface area contributed by atoms with Crippen LogP contribution in [0.25, 0.3) is 11.0 Å². The van der Waals surface area contributed by atoms with Crippen LogP contribution >= 0.6 is 0 Å². The average Bonchev–Trinajstić information content (AvgIpc) is 2.61. The normalized spacial score (nSPS) is 12.1. The molecule has 0 saturated heterocycles. The quantitative estimate of drug-likeness (QED) is 0.771. The summed E-state index contributed by atoms with van der Waals surface area (Å²) in [6.07, 6.45) is 0. The van der Waals surface area contributed by atoms with Crippen LogP contribution in [0.1, 0.15) is 0 Å². The van der Waals surface area contributed by atoms with Crippen molar-refractivity contribution in [3.63, 3.8) is 0 Å². The Morgan fingerprint density at radius 2 is 2.07 bits per heavy atom. The van der Waals surface area contributed by atoms with Gasteiger partial charge in [-0.05, 0) is 12.1 Å². The van der Waals surface area contributed by atoms with Gasteiger partial charge in [-0.15, -0.1) is 9.19 Å². The molecule has 0 spiro atoms. The van der Waals surface area contributed by atoms with Gasteiger partial charge in [-0.25, -0.2) is 8.42 Å². The number of aromatic nitrogens is 3. The van der Waals surface area contributed by atoms with Crippen LogP contribution in [-0.4, -0.2) is 40.3 Å². The number of rotatable bonds is 3. The number of nitrogens with zero attached hydrogens (tertiary/aromatic N) is 3. The first-order chi connectivity index (χ1) is 7.15. The van der Waals surface area contributed by atoms with Crippen molar-refractivity contribution < 1.29 is 13.5 Å². The molecule has 1 heterocycles. The number of benzene rings is 1. The fraction of sp³-hybridized carbons (Fsp3) is 0.250.